The molecule has 2 rings (SSSR count). The molecule has 1 saturated heterocycles. The highest BCUT2D eigenvalue weighted by Gasteiger charge is 2.55. The first kappa shape index (κ1) is 17.8. The molecule has 0 radical (unpaired) electrons. The lowest BCUT2D eigenvalue weighted by Crippen LogP contribution is -2.41. The second-order valence-electron chi connectivity index (χ2n) is 6.68. The molecule has 0 amide bonds. The molecule has 1 heterocycles. The number of rotatable bonds is 5. The van der Waals surface area contributed by atoms with Crippen molar-refractivity contribution in [3.05, 3.63) is 29.6 Å². The molecular formula is C16H22BFO5. The summed E-state index contributed by atoms with van der Waals surface area (Å²) in [5, 5.41) is 9.25. The third-order valence-corrected chi connectivity index (χ3v) is 4.60. The maximum atomic E-state index is 14.4. The average molecular weight is 324 g/mol. The van der Waals surface area contributed by atoms with Crippen LogP contribution >= 0.6 is 0 Å². The van der Waals surface area contributed by atoms with Gasteiger partial charge in [0, 0.05) is 11.4 Å². The van der Waals surface area contributed by atoms with Crippen molar-refractivity contribution < 1.29 is 28.3 Å². The Hall–Kier alpha value is -1.60. The van der Waals surface area contributed by atoms with Gasteiger partial charge in [0.25, 0.3) is 0 Å². The lowest BCUT2D eigenvalue weighted by molar-refractivity contribution is -0.137. The number of halogens is 1. The number of hydrogen-bond donors (Lipinski definition) is 1. The first-order valence-corrected chi connectivity index (χ1v) is 7.49. The summed E-state index contributed by atoms with van der Waals surface area (Å²) in [4.78, 5) is 11.3. The van der Waals surface area contributed by atoms with Gasteiger partial charge in [0.1, 0.15) is 11.6 Å². The van der Waals surface area contributed by atoms with Crippen LogP contribution in [0.3, 0.4) is 0 Å². The molecule has 0 aliphatic carbocycles. The Morgan fingerprint density at radius 1 is 1.30 bits per heavy atom. The highest BCUT2D eigenvalue weighted by atomic mass is 19.1. The van der Waals surface area contributed by atoms with Crippen molar-refractivity contribution in [3.8, 4) is 5.75 Å². The fraction of sp³-hybridized carbons (Fsp3) is 0.562. The van der Waals surface area contributed by atoms with Crippen LogP contribution in [-0.4, -0.2) is 36.5 Å². The summed E-state index contributed by atoms with van der Waals surface area (Å²) in [7, 11) is 0.544. The lowest BCUT2D eigenvalue weighted by Gasteiger charge is -2.32. The Kier molecular flexibility index (Phi) is 4.73. The zero-order valence-electron chi connectivity index (χ0n) is 14.1. The molecule has 5 nitrogen and oxygen atoms in total. The number of carboxylic acid groups (broad SMARTS) is 1. The third-order valence-electron chi connectivity index (χ3n) is 4.60. The maximum absolute atomic E-state index is 14.4. The van der Waals surface area contributed by atoms with Crippen LogP contribution in [0, 0.1) is 5.82 Å². The van der Waals surface area contributed by atoms with E-state index in [1.807, 2.05) is 27.7 Å². The van der Waals surface area contributed by atoms with Crippen molar-refractivity contribution in [1.29, 1.82) is 0 Å². The number of benzene rings is 1. The number of carbonyl (C=O) groups is 1. The second-order valence-corrected chi connectivity index (χ2v) is 6.68. The molecule has 0 spiro atoms. The Balaban J connectivity index is 2.46. The van der Waals surface area contributed by atoms with Crippen LogP contribution in [0.15, 0.2) is 18.2 Å². The zero-order valence-corrected chi connectivity index (χ0v) is 14.1. The van der Waals surface area contributed by atoms with Crippen molar-refractivity contribution in [2.45, 2.75) is 51.1 Å². The Morgan fingerprint density at radius 2 is 1.87 bits per heavy atom. The van der Waals surface area contributed by atoms with Crippen LogP contribution in [0.2, 0.25) is 0 Å². The highest BCUT2D eigenvalue weighted by molar-refractivity contribution is 6.48. The molecule has 23 heavy (non-hydrogen) atoms. The number of ether oxygens (including phenoxy) is 1. The molecule has 0 aromatic heterocycles. The van der Waals surface area contributed by atoms with Crippen molar-refractivity contribution in [2.75, 3.05) is 7.11 Å². The molecule has 7 heteroatoms. The van der Waals surface area contributed by atoms with Gasteiger partial charge in [0.2, 0.25) is 0 Å². The largest absolute Gasteiger partial charge is 0.496 e. The molecule has 1 N–H and O–H groups in total. The summed E-state index contributed by atoms with van der Waals surface area (Å²) in [6.45, 7) is 7.46. The fourth-order valence-electron chi connectivity index (χ4n) is 2.63. The van der Waals surface area contributed by atoms with E-state index >= 15 is 0 Å². The van der Waals surface area contributed by atoms with Crippen molar-refractivity contribution in [2.24, 2.45) is 0 Å². The SMILES string of the molecule is COc1cccc(F)c1C(CC(=O)O)B1OC(C)(C)C(C)(C)O1. The molecule has 1 aromatic rings. The summed E-state index contributed by atoms with van der Waals surface area (Å²) in [6, 6.07) is 4.39. The van der Waals surface area contributed by atoms with Crippen LogP contribution in [0.1, 0.15) is 45.5 Å². The fourth-order valence-corrected chi connectivity index (χ4v) is 2.63. The molecule has 1 unspecified atom stereocenters. The Labute approximate surface area is 135 Å². The molecule has 0 bridgehead atoms. The second kappa shape index (κ2) is 6.13. The van der Waals surface area contributed by atoms with Crippen molar-refractivity contribution >= 4 is 13.1 Å². The number of methoxy groups -OCH3 is 1. The molecule has 0 saturated carbocycles. The third kappa shape index (κ3) is 3.35. The van der Waals surface area contributed by atoms with Crippen LogP contribution in [0.4, 0.5) is 4.39 Å². The predicted molar refractivity (Wildman–Crippen MR) is 84.0 cm³/mol. The van der Waals surface area contributed by atoms with Crippen LogP contribution in [0.5, 0.6) is 5.75 Å². The smallest absolute Gasteiger partial charge is 0.466 e. The van der Waals surface area contributed by atoms with Crippen molar-refractivity contribution in [1.82, 2.24) is 0 Å². The molecule has 1 aliphatic rings. The predicted octanol–water partition coefficient (Wildman–Crippen LogP) is 3.02. The minimum absolute atomic E-state index is 0.163. The van der Waals surface area contributed by atoms with E-state index in [2.05, 4.69) is 0 Å². The normalized spacial score (nSPS) is 20.3. The van der Waals surface area contributed by atoms with E-state index in [0.29, 0.717) is 0 Å². The van der Waals surface area contributed by atoms with Gasteiger partial charge in [-0.15, -0.1) is 0 Å². The van der Waals surface area contributed by atoms with Crippen molar-refractivity contribution in [3.63, 3.8) is 0 Å². The molecule has 1 aliphatic heterocycles. The first-order chi connectivity index (χ1) is 10.6. The summed E-state index contributed by atoms with van der Waals surface area (Å²) in [5.41, 5.74) is -1.10. The maximum Gasteiger partial charge on any atom is 0.466 e. The lowest BCUT2D eigenvalue weighted by atomic mass is 9.65. The summed E-state index contributed by atoms with van der Waals surface area (Å²) < 4.78 is 31.5. The molecule has 1 atom stereocenters. The molecule has 1 fully saturated rings. The number of aliphatic carboxylic acids is 1. The van der Waals surface area contributed by atoms with E-state index in [1.165, 1.54) is 19.2 Å². The summed E-state index contributed by atoms with van der Waals surface area (Å²) in [6.07, 6.45) is -0.325. The monoisotopic (exact) mass is 324 g/mol. The zero-order chi connectivity index (χ0) is 17.4. The molecule has 1 aromatic carbocycles. The topological polar surface area (TPSA) is 65.0 Å². The Bertz CT molecular complexity index is 586. The van der Waals surface area contributed by atoms with Crippen LogP contribution in [-0.2, 0) is 14.1 Å². The van der Waals surface area contributed by atoms with Gasteiger partial charge in [0.05, 0.1) is 24.7 Å². The van der Waals surface area contributed by atoms with Gasteiger partial charge >= 0.3 is 13.1 Å². The standard InChI is InChI=1S/C16H22BFO5/c1-15(2)16(3,4)23-17(22-15)10(9-13(19)20)14-11(18)7-6-8-12(14)21-5/h6-8,10H,9H2,1-5H3,(H,19,20). The first-order valence-electron chi connectivity index (χ1n) is 7.49. The van der Waals surface area contributed by atoms with E-state index in [-0.39, 0.29) is 17.7 Å². The van der Waals surface area contributed by atoms with Crippen LogP contribution < -0.4 is 4.74 Å². The van der Waals surface area contributed by atoms with Gasteiger partial charge in [-0.2, -0.15) is 0 Å². The van der Waals surface area contributed by atoms with E-state index < -0.39 is 35.9 Å². The number of carboxylic acids is 1. The molecule has 126 valence electrons. The average Bonchev–Trinajstić information content (AvgIpc) is 2.64. The van der Waals surface area contributed by atoms with Crippen LogP contribution in [0.25, 0.3) is 0 Å². The van der Waals surface area contributed by atoms with Gasteiger partial charge in [-0.25, -0.2) is 4.39 Å². The van der Waals surface area contributed by atoms with E-state index in [9.17, 15) is 14.3 Å². The highest BCUT2D eigenvalue weighted by Crippen LogP contribution is 2.43. The molecular weight excluding hydrogens is 302 g/mol. The quantitative estimate of drug-likeness (QED) is 0.844. The van der Waals surface area contributed by atoms with Gasteiger partial charge in [0.15, 0.2) is 0 Å². The minimum Gasteiger partial charge on any atom is -0.496 e. The summed E-state index contributed by atoms with van der Waals surface area (Å²) in [5.74, 6) is -2.13. The van der Waals surface area contributed by atoms with Gasteiger partial charge < -0.3 is 19.2 Å². The minimum atomic E-state index is -1.06. The van der Waals surface area contributed by atoms with E-state index in [1.54, 1.807) is 6.07 Å². The van der Waals surface area contributed by atoms with E-state index in [4.69, 9.17) is 14.0 Å². The van der Waals surface area contributed by atoms with E-state index in [0.717, 1.165) is 0 Å². The number of hydrogen-bond acceptors (Lipinski definition) is 4. The van der Waals surface area contributed by atoms with Gasteiger partial charge in [-0.1, -0.05) is 6.07 Å². The van der Waals surface area contributed by atoms with Gasteiger partial charge in [-0.3, -0.25) is 4.79 Å². The Morgan fingerprint density at radius 3 is 2.35 bits per heavy atom. The summed E-state index contributed by atoms with van der Waals surface area (Å²) >= 11 is 0. The van der Waals surface area contributed by atoms with Gasteiger partial charge in [-0.05, 0) is 39.8 Å².